The van der Waals surface area contributed by atoms with Crippen molar-refractivity contribution in [3.05, 3.63) is 17.5 Å². The first-order chi connectivity index (χ1) is 8.65. The fraction of sp³-hybridized carbons (Fsp3) is 0.769. The molecule has 0 saturated carbocycles. The van der Waals surface area contributed by atoms with Gasteiger partial charge in [-0.1, -0.05) is 5.16 Å². The van der Waals surface area contributed by atoms with Gasteiger partial charge < -0.3 is 14.6 Å². The first-order valence-electron chi connectivity index (χ1n) is 6.63. The highest BCUT2D eigenvalue weighted by Crippen LogP contribution is 2.08. The van der Waals surface area contributed by atoms with E-state index in [1.807, 2.05) is 13.0 Å². The van der Waals surface area contributed by atoms with Crippen LogP contribution in [0, 0.1) is 6.92 Å². The van der Waals surface area contributed by atoms with Gasteiger partial charge in [0.15, 0.2) is 5.76 Å². The van der Waals surface area contributed by atoms with Crippen LogP contribution < -0.4 is 5.32 Å². The average Bonchev–Trinajstić information content (AvgIpc) is 2.75. The van der Waals surface area contributed by atoms with Gasteiger partial charge in [0.1, 0.15) is 0 Å². The Balaban J connectivity index is 1.70. The van der Waals surface area contributed by atoms with Crippen LogP contribution in [-0.2, 0) is 11.3 Å². The average molecular weight is 253 g/mol. The normalized spacial score (nSPS) is 21.7. The molecule has 1 aromatic rings. The number of hydrogen-bond donors (Lipinski definition) is 1. The molecule has 1 fully saturated rings. The molecule has 1 N–H and O–H groups in total. The topological polar surface area (TPSA) is 50.5 Å². The molecule has 0 radical (unpaired) electrons. The van der Waals surface area contributed by atoms with Crippen molar-refractivity contribution < 1.29 is 9.26 Å². The molecule has 1 saturated heterocycles. The molecule has 1 atom stereocenters. The van der Waals surface area contributed by atoms with Crippen LogP contribution in [0.15, 0.2) is 10.6 Å². The van der Waals surface area contributed by atoms with Gasteiger partial charge in [-0.25, -0.2) is 0 Å². The van der Waals surface area contributed by atoms with Gasteiger partial charge in [0.05, 0.1) is 24.9 Å². The van der Waals surface area contributed by atoms with Crippen molar-refractivity contribution in [2.45, 2.75) is 39.5 Å². The molecule has 1 aliphatic rings. The summed E-state index contributed by atoms with van der Waals surface area (Å²) in [5.74, 6) is 0.879. The minimum Gasteiger partial charge on any atom is -0.374 e. The van der Waals surface area contributed by atoms with Crippen molar-refractivity contribution in [1.82, 2.24) is 15.4 Å². The van der Waals surface area contributed by atoms with Gasteiger partial charge >= 0.3 is 0 Å². The monoisotopic (exact) mass is 253 g/mol. The molecule has 1 aliphatic heterocycles. The van der Waals surface area contributed by atoms with E-state index in [2.05, 4.69) is 29.2 Å². The van der Waals surface area contributed by atoms with Crippen molar-refractivity contribution in [3.8, 4) is 0 Å². The molecule has 5 nitrogen and oxygen atoms in total. The molecule has 0 bridgehead atoms. The maximum Gasteiger partial charge on any atom is 0.150 e. The molecule has 1 aromatic heterocycles. The van der Waals surface area contributed by atoms with Crippen LogP contribution in [-0.4, -0.2) is 48.4 Å². The first kappa shape index (κ1) is 13.5. The van der Waals surface area contributed by atoms with Crippen LogP contribution in [0.1, 0.15) is 25.3 Å². The van der Waals surface area contributed by atoms with Gasteiger partial charge in [-0.15, -0.1) is 0 Å². The standard InChI is InChI=1S/C13H23N3O2/c1-10(2)16-4-5-17-13(9-16)8-14-7-12-6-11(3)15-18-12/h6,10,13-14H,4-5,7-9H2,1-3H3. The van der Waals surface area contributed by atoms with E-state index in [0.29, 0.717) is 12.6 Å². The largest absolute Gasteiger partial charge is 0.374 e. The summed E-state index contributed by atoms with van der Waals surface area (Å²) >= 11 is 0. The maximum absolute atomic E-state index is 5.75. The minimum absolute atomic E-state index is 0.269. The highest BCUT2D eigenvalue weighted by molar-refractivity contribution is 5.02. The number of nitrogens with zero attached hydrogens (tertiary/aromatic N) is 2. The lowest BCUT2D eigenvalue weighted by atomic mass is 10.2. The molecule has 2 heterocycles. The molecule has 5 heteroatoms. The summed E-state index contributed by atoms with van der Waals surface area (Å²) in [7, 11) is 0. The van der Waals surface area contributed by atoms with E-state index >= 15 is 0 Å². The Morgan fingerprint density at radius 2 is 2.39 bits per heavy atom. The van der Waals surface area contributed by atoms with Crippen LogP contribution in [0.25, 0.3) is 0 Å². The maximum atomic E-state index is 5.75. The summed E-state index contributed by atoms with van der Waals surface area (Å²) in [6.45, 7) is 10.8. The van der Waals surface area contributed by atoms with Gasteiger partial charge in [-0.3, -0.25) is 4.90 Å². The second kappa shape index (κ2) is 6.31. The molecular formula is C13H23N3O2. The molecule has 0 aliphatic carbocycles. The molecule has 2 rings (SSSR count). The van der Waals surface area contributed by atoms with E-state index in [-0.39, 0.29) is 6.10 Å². The number of morpholine rings is 1. The van der Waals surface area contributed by atoms with Crippen molar-refractivity contribution >= 4 is 0 Å². The van der Waals surface area contributed by atoms with Crippen LogP contribution in [0.3, 0.4) is 0 Å². The Hall–Kier alpha value is -0.910. The number of aromatic nitrogens is 1. The van der Waals surface area contributed by atoms with Crippen LogP contribution in [0.5, 0.6) is 0 Å². The lowest BCUT2D eigenvalue weighted by Crippen LogP contribution is -2.48. The summed E-state index contributed by atoms with van der Waals surface area (Å²) in [6.07, 6.45) is 0.269. The highest BCUT2D eigenvalue weighted by Gasteiger charge is 2.21. The quantitative estimate of drug-likeness (QED) is 0.854. The zero-order valence-corrected chi connectivity index (χ0v) is 11.5. The molecule has 0 spiro atoms. The number of ether oxygens (including phenoxy) is 1. The van der Waals surface area contributed by atoms with E-state index in [4.69, 9.17) is 9.26 Å². The Kier molecular flexibility index (Phi) is 4.74. The predicted molar refractivity (Wildman–Crippen MR) is 69.4 cm³/mol. The summed E-state index contributed by atoms with van der Waals surface area (Å²) < 4.78 is 10.9. The van der Waals surface area contributed by atoms with E-state index in [0.717, 1.165) is 37.7 Å². The van der Waals surface area contributed by atoms with Gasteiger partial charge in [-0.2, -0.15) is 0 Å². The minimum atomic E-state index is 0.269. The second-order valence-corrected chi connectivity index (χ2v) is 5.15. The lowest BCUT2D eigenvalue weighted by Gasteiger charge is -2.35. The summed E-state index contributed by atoms with van der Waals surface area (Å²) in [5, 5.41) is 7.22. The SMILES string of the molecule is Cc1cc(CNCC2CN(C(C)C)CCO2)on1. The fourth-order valence-electron chi connectivity index (χ4n) is 2.19. The van der Waals surface area contributed by atoms with Gasteiger partial charge in [-0.05, 0) is 20.8 Å². The molecule has 0 aromatic carbocycles. The smallest absolute Gasteiger partial charge is 0.150 e. The fourth-order valence-corrected chi connectivity index (χ4v) is 2.19. The van der Waals surface area contributed by atoms with Gasteiger partial charge in [0.25, 0.3) is 0 Å². The highest BCUT2D eigenvalue weighted by atomic mass is 16.5. The predicted octanol–water partition coefficient (Wildman–Crippen LogP) is 1.18. The molecule has 18 heavy (non-hydrogen) atoms. The van der Waals surface area contributed by atoms with Crippen LogP contribution in [0.2, 0.25) is 0 Å². The summed E-state index contributed by atoms with van der Waals surface area (Å²) in [6, 6.07) is 2.54. The molecule has 102 valence electrons. The third-order valence-corrected chi connectivity index (χ3v) is 3.25. The van der Waals surface area contributed by atoms with Crippen molar-refractivity contribution in [2.75, 3.05) is 26.2 Å². The van der Waals surface area contributed by atoms with Gasteiger partial charge in [0.2, 0.25) is 0 Å². The molecular weight excluding hydrogens is 230 g/mol. The van der Waals surface area contributed by atoms with Crippen molar-refractivity contribution in [1.29, 1.82) is 0 Å². The number of hydrogen-bond acceptors (Lipinski definition) is 5. The number of aryl methyl sites for hydroxylation is 1. The second-order valence-electron chi connectivity index (χ2n) is 5.15. The zero-order valence-electron chi connectivity index (χ0n) is 11.5. The Labute approximate surface area is 108 Å². The Bertz CT molecular complexity index is 365. The Morgan fingerprint density at radius 3 is 3.06 bits per heavy atom. The lowest BCUT2D eigenvalue weighted by molar-refractivity contribution is -0.0374. The van der Waals surface area contributed by atoms with Crippen LogP contribution >= 0.6 is 0 Å². The summed E-state index contributed by atoms with van der Waals surface area (Å²) in [4.78, 5) is 2.45. The zero-order chi connectivity index (χ0) is 13.0. The van der Waals surface area contributed by atoms with E-state index in [1.165, 1.54) is 0 Å². The Morgan fingerprint density at radius 1 is 1.56 bits per heavy atom. The molecule has 1 unspecified atom stereocenters. The third-order valence-electron chi connectivity index (χ3n) is 3.25. The molecule has 0 amide bonds. The number of rotatable bonds is 5. The van der Waals surface area contributed by atoms with Crippen molar-refractivity contribution in [2.24, 2.45) is 0 Å². The summed E-state index contributed by atoms with van der Waals surface area (Å²) in [5.41, 5.74) is 0.923. The number of nitrogens with one attached hydrogen (secondary N) is 1. The van der Waals surface area contributed by atoms with Gasteiger partial charge in [0, 0.05) is 31.7 Å². The van der Waals surface area contributed by atoms with Crippen molar-refractivity contribution in [3.63, 3.8) is 0 Å². The van der Waals surface area contributed by atoms with E-state index < -0.39 is 0 Å². The third kappa shape index (κ3) is 3.80. The van der Waals surface area contributed by atoms with Crippen LogP contribution in [0.4, 0.5) is 0 Å². The first-order valence-corrected chi connectivity index (χ1v) is 6.63. The van der Waals surface area contributed by atoms with E-state index in [1.54, 1.807) is 0 Å². The van der Waals surface area contributed by atoms with E-state index in [9.17, 15) is 0 Å².